The van der Waals surface area contributed by atoms with Crippen LogP contribution in [0.5, 0.6) is 0 Å². The van der Waals surface area contributed by atoms with E-state index in [-0.39, 0.29) is 5.04 Å². The molecule has 4 aromatic rings. The third kappa shape index (κ3) is 5.56. The van der Waals surface area contributed by atoms with Gasteiger partial charge < -0.3 is 8.99 Å². The van der Waals surface area contributed by atoms with Gasteiger partial charge in [0.2, 0.25) is 0 Å². The molecule has 0 aliphatic heterocycles. The van der Waals surface area contributed by atoms with Gasteiger partial charge in [-0.1, -0.05) is 118 Å². The normalized spacial score (nSPS) is 13.1. The van der Waals surface area contributed by atoms with Crippen molar-refractivity contribution in [2.75, 3.05) is 6.61 Å². The molecule has 37 heavy (non-hydrogen) atoms. The van der Waals surface area contributed by atoms with E-state index in [2.05, 4.69) is 149 Å². The Balaban J connectivity index is 1.72. The van der Waals surface area contributed by atoms with E-state index in [9.17, 15) is 0 Å². The molecule has 1 aromatic heterocycles. The van der Waals surface area contributed by atoms with E-state index < -0.39 is 13.9 Å². The van der Waals surface area contributed by atoms with Gasteiger partial charge >= 0.3 is 0 Å². The smallest absolute Gasteiger partial charge is 0.191 e. The molecule has 0 saturated carbocycles. The summed E-state index contributed by atoms with van der Waals surface area (Å²) in [5.74, 6) is 0. The van der Waals surface area contributed by atoms with Crippen molar-refractivity contribution >= 4 is 13.9 Å². The summed E-state index contributed by atoms with van der Waals surface area (Å²) in [6.07, 6.45) is 7.31. The fraction of sp³-hybridized carbons (Fsp3) is 0.303. The van der Waals surface area contributed by atoms with Gasteiger partial charge in [0, 0.05) is 12.8 Å². The molecule has 0 fully saturated rings. The van der Waals surface area contributed by atoms with Gasteiger partial charge in [-0.2, -0.15) is 0 Å². The Labute approximate surface area is 224 Å². The van der Waals surface area contributed by atoms with Crippen LogP contribution >= 0.6 is 0 Å². The average Bonchev–Trinajstić information content (AvgIpc) is 3.39. The number of hydrogen-bond donors (Lipinski definition) is 0. The molecule has 0 radical (unpaired) electrons. The van der Waals surface area contributed by atoms with Gasteiger partial charge in [-0.3, -0.25) is 0 Å². The van der Waals surface area contributed by atoms with E-state index in [1.165, 1.54) is 22.3 Å². The van der Waals surface area contributed by atoms with E-state index in [1.807, 2.05) is 6.33 Å². The van der Waals surface area contributed by atoms with Crippen LogP contribution in [-0.4, -0.2) is 24.5 Å². The molecule has 4 rings (SSSR count). The van der Waals surface area contributed by atoms with Gasteiger partial charge in [0.05, 0.1) is 12.0 Å². The zero-order chi connectivity index (χ0) is 26.5. The van der Waals surface area contributed by atoms with Crippen molar-refractivity contribution in [1.29, 1.82) is 0 Å². The average molecular weight is 509 g/mol. The van der Waals surface area contributed by atoms with Crippen molar-refractivity contribution in [1.82, 2.24) is 9.55 Å². The minimum Gasteiger partial charge on any atom is -0.417 e. The molecule has 0 saturated heterocycles. The highest BCUT2D eigenvalue weighted by Crippen LogP contribution is 2.41. The van der Waals surface area contributed by atoms with E-state index >= 15 is 0 Å². The molecule has 0 N–H and O–H groups in total. The van der Waals surface area contributed by atoms with Crippen molar-refractivity contribution in [2.45, 2.75) is 57.8 Å². The quantitative estimate of drug-likeness (QED) is 0.129. The van der Waals surface area contributed by atoms with E-state index in [1.54, 1.807) is 0 Å². The van der Waals surface area contributed by atoms with Crippen LogP contribution in [0.15, 0.2) is 110 Å². The van der Waals surface area contributed by atoms with Crippen LogP contribution in [0.3, 0.4) is 0 Å². The fourth-order valence-electron chi connectivity index (χ4n) is 4.61. The number of benzene rings is 3. The third-order valence-electron chi connectivity index (χ3n) is 7.79. The van der Waals surface area contributed by atoms with Crippen molar-refractivity contribution in [3.05, 3.63) is 132 Å². The molecule has 3 aromatic carbocycles. The van der Waals surface area contributed by atoms with Crippen molar-refractivity contribution < 1.29 is 4.43 Å². The van der Waals surface area contributed by atoms with E-state index in [0.717, 1.165) is 18.7 Å². The Bertz CT molecular complexity index is 1210. The summed E-state index contributed by atoms with van der Waals surface area (Å²) in [7, 11) is -1.74. The molecule has 0 amide bonds. The van der Waals surface area contributed by atoms with Gasteiger partial charge in [-0.15, -0.1) is 0 Å². The summed E-state index contributed by atoms with van der Waals surface area (Å²) in [5.41, 5.74) is 5.20. The van der Waals surface area contributed by atoms with Gasteiger partial charge in [-0.25, -0.2) is 4.98 Å². The molecular weight excluding hydrogens is 468 g/mol. The zero-order valence-electron chi connectivity index (χ0n) is 23.1. The van der Waals surface area contributed by atoms with Gasteiger partial charge in [0.25, 0.3) is 0 Å². The number of nitrogens with zero attached hydrogens (tertiary/aromatic N) is 2. The van der Waals surface area contributed by atoms with Crippen LogP contribution in [0.4, 0.5) is 0 Å². The van der Waals surface area contributed by atoms with Gasteiger partial charge in [0.1, 0.15) is 5.54 Å². The lowest BCUT2D eigenvalue weighted by Crippen LogP contribution is -2.40. The Kier molecular flexibility index (Phi) is 8.01. The summed E-state index contributed by atoms with van der Waals surface area (Å²) >= 11 is 0. The predicted molar refractivity (Wildman–Crippen MR) is 158 cm³/mol. The van der Waals surface area contributed by atoms with E-state index in [0.29, 0.717) is 0 Å². The number of allylic oxidation sites excluding steroid dienone is 1. The van der Waals surface area contributed by atoms with Gasteiger partial charge in [0.15, 0.2) is 8.32 Å². The zero-order valence-corrected chi connectivity index (χ0v) is 24.1. The molecule has 192 valence electrons. The van der Waals surface area contributed by atoms with Crippen molar-refractivity contribution in [3.63, 3.8) is 0 Å². The molecule has 0 spiro atoms. The molecule has 0 aliphatic rings. The first-order chi connectivity index (χ1) is 17.7. The maximum absolute atomic E-state index is 6.38. The highest BCUT2D eigenvalue weighted by Gasteiger charge is 2.38. The minimum atomic E-state index is -1.74. The molecule has 3 nitrogen and oxygen atoms in total. The standard InChI is InChI=1S/C33H40N2OSi/c1-27(17-16-24-36-37(5,6)32(2,3)4)31-25-35(26-34-31)33(28-18-10-7-11-19-28,29-20-12-8-13-21-29)30-22-14-9-15-23-30/h7-15,17-23,25-26H,16,24H2,1-6H3/b27-17+. The molecule has 4 heteroatoms. The van der Waals surface area contributed by atoms with Crippen LogP contribution in [0.25, 0.3) is 5.57 Å². The maximum atomic E-state index is 6.38. The van der Waals surface area contributed by atoms with E-state index in [4.69, 9.17) is 9.41 Å². The van der Waals surface area contributed by atoms with Crippen molar-refractivity contribution in [3.8, 4) is 0 Å². The first-order valence-electron chi connectivity index (χ1n) is 13.2. The van der Waals surface area contributed by atoms with Gasteiger partial charge in [-0.05, 0) is 53.7 Å². The topological polar surface area (TPSA) is 27.1 Å². The number of hydrogen-bond acceptors (Lipinski definition) is 2. The van der Waals surface area contributed by atoms with Crippen LogP contribution in [0.2, 0.25) is 18.1 Å². The molecule has 0 atom stereocenters. The summed E-state index contributed by atoms with van der Waals surface area (Å²) in [6.45, 7) is 14.4. The van der Waals surface area contributed by atoms with Crippen LogP contribution in [-0.2, 0) is 9.96 Å². The third-order valence-corrected chi connectivity index (χ3v) is 12.3. The van der Waals surface area contributed by atoms with Crippen LogP contribution in [0, 0.1) is 0 Å². The molecule has 0 unspecified atom stereocenters. The Morgan fingerprint density at radius 1 is 0.811 bits per heavy atom. The molecule has 0 aliphatic carbocycles. The lowest BCUT2D eigenvalue weighted by molar-refractivity contribution is 0.294. The number of imidazole rings is 1. The lowest BCUT2D eigenvalue weighted by Gasteiger charge is -2.37. The second kappa shape index (κ2) is 11.0. The van der Waals surface area contributed by atoms with Crippen LogP contribution < -0.4 is 0 Å². The second-order valence-corrected chi connectivity index (χ2v) is 16.1. The first kappa shape index (κ1) is 26.8. The highest BCUT2D eigenvalue weighted by atomic mass is 28.4. The maximum Gasteiger partial charge on any atom is 0.191 e. The van der Waals surface area contributed by atoms with Crippen LogP contribution in [0.1, 0.15) is 56.5 Å². The summed E-state index contributed by atoms with van der Waals surface area (Å²) in [6, 6.07) is 32.1. The monoisotopic (exact) mass is 508 g/mol. The Hall–Kier alpha value is -3.21. The highest BCUT2D eigenvalue weighted by molar-refractivity contribution is 6.74. The largest absolute Gasteiger partial charge is 0.417 e. The minimum absolute atomic E-state index is 0.222. The summed E-state index contributed by atoms with van der Waals surface area (Å²) in [4.78, 5) is 4.89. The fourth-order valence-corrected chi connectivity index (χ4v) is 5.67. The molecule has 1 heterocycles. The summed E-state index contributed by atoms with van der Waals surface area (Å²) < 4.78 is 8.65. The SMILES string of the molecule is C/C(=C\CCO[Si](C)(C)C(C)(C)C)c1cn(C(c2ccccc2)(c2ccccc2)c2ccccc2)cn1. The number of rotatable bonds is 9. The lowest BCUT2D eigenvalue weighted by atomic mass is 9.77. The second-order valence-electron chi connectivity index (χ2n) is 11.3. The number of aromatic nitrogens is 2. The first-order valence-corrected chi connectivity index (χ1v) is 16.1. The predicted octanol–water partition coefficient (Wildman–Crippen LogP) is 8.54. The molecule has 0 bridgehead atoms. The molecular formula is C33H40N2OSi. The summed E-state index contributed by atoms with van der Waals surface area (Å²) in [5, 5.41) is 0.222. The Morgan fingerprint density at radius 2 is 1.27 bits per heavy atom. The van der Waals surface area contributed by atoms with Crippen molar-refractivity contribution in [2.24, 2.45) is 0 Å². The Morgan fingerprint density at radius 3 is 1.70 bits per heavy atom.